The van der Waals surface area contributed by atoms with Gasteiger partial charge >= 0.3 is 0 Å². The van der Waals surface area contributed by atoms with Crippen LogP contribution in [0.25, 0.3) is 11.1 Å². The van der Waals surface area contributed by atoms with Crippen molar-refractivity contribution in [3.63, 3.8) is 0 Å². The summed E-state index contributed by atoms with van der Waals surface area (Å²) in [6.45, 7) is 0. The summed E-state index contributed by atoms with van der Waals surface area (Å²) in [6, 6.07) is 3.33. The predicted octanol–water partition coefficient (Wildman–Crippen LogP) is 2.73. The van der Waals surface area contributed by atoms with E-state index in [-0.39, 0.29) is 0 Å². The van der Waals surface area contributed by atoms with E-state index in [0.717, 1.165) is 5.52 Å². The van der Waals surface area contributed by atoms with Crippen molar-refractivity contribution in [2.75, 3.05) is 5.73 Å². The number of oxazole rings is 1. The Morgan fingerprint density at radius 3 is 3.00 bits per heavy atom. The molecule has 0 aliphatic carbocycles. The number of fused-ring (bicyclic) bond motifs is 1. The van der Waals surface area contributed by atoms with Gasteiger partial charge in [-0.05, 0) is 18.3 Å². The van der Waals surface area contributed by atoms with E-state index < -0.39 is 0 Å². The number of hydrogen-bond donors (Lipinski definition) is 2. The quantitative estimate of drug-likeness (QED) is 0.508. The number of halogens is 1. The molecular formula is C7H5ClN2OS. The van der Waals surface area contributed by atoms with Crippen LogP contribution in [0.2, 0.25) is 5.02 Å². The average Bonchev–Trinajstić information content (AvgIpc) is 2.30. The van der Waals surface area contributed by atoms with Crippen LogP contribution in [0.5, 0.6) is 0 Å². The summed E-state index contributed by atoms with van der Waals surface area (Å²) in [4.78, 5) is 3.16. The summed E-state index contributed by atoms with van der Waals surface area (Å²) in [7, 11) is 0. The molecule has 0 saturated carbocycles. The summed E-state index contributed by atoms with van der Waals surface area (Å²) in [6.07, 6.45) is 0. The van der Waals surface area contributed by atoms with Crippen molar-refractivity contribution in [2.45, 2.75) is 0 Å². The highest BCUT2D eigenvalue weighted by atomic mass is 35.5. The topological polar surface area (TPSA) is 55.0 Å². The molecule has 0 unspecified atom stereocenters. The minimum atomic E-state index is 0.326. The first-order chi connectivity index (χ1) is 5.66. The van der Waals surface area contributed by atoms with Crippen molar-refractivity contribution < 1.29 is 4.42 Å². The molecule has 0 fully saturated rings. The number of aromatic nitrogens is 1. The van der Waals surface area contributed by atoms with Crippen molar-refractivity contribution in [2.24, 2.45) is 0 Å². The van der Waals surface area contributed by atoms with E-state index >= 15 is 0 Å². The zero-order chi connectivity index (χ0) is 8.72. The van der Waals surface area contributed by atoms with E-state index in [4.69, 9.17) is 34.0 Å². The highest BCUT2D eigenvalue weighted by Crippen LogP contribution is 2.25. The van der Waals surface area contributed by atoms with Crippen LogP contribution in [-0.2, 0) is 0 Å². The van der Waals surface area contributed by atoms with E-state index in [1.807, 2.05) is 0 Å². The van der Waals surface area contributed by atoms with Crippen LogP contribution in [0.3, 0.4) is 0 Å². The first-order valence-corrected chi connectivity index (χ1v) is 4.03. The zero-order valence-corrected chi connectivity index (χ0v) is 7.50. The summed E-state index contributed by atoms with van der Waals surface area (Å²) < 4.78 is 5.12. The van der Waals surface area contributed by atoms with Gasteiger partial charge in [-0.1, -0.05) is 11.6 Å². The van der Waals surface area contributed by atoms with E-state index in [2.05, 4.69) is 4.98 Å². The molecule has 0 saturated heterocycles. The van der Waals surface area contributed by atoms with Gasteiger partial charge < -0.3 is 15.1 Å². The Hall–Kier alpha value is -1.00. The first-order valence-electron chi connectivity index (χ1n) is 3.24. The molecule has 1 aromatic heterocycles. The number of nitrogens with two attached hydrogens (primary N) is 1. The third-order valence-electron chi connectivity index (χ3n) is 1.54. The second kappa shape index (κ2) is 2.50. The maximum atomic E-state index is 5.76. The minimum Gasteiger partial charge on any atom is -0.429 e. The molecule has 12 heavy (non-hydrogen) atoms. The number of anilines is 1. The molecule has 0 aliphatic heterocycles. The SMILES string of the molecule is Nc1cc2[nH]c(=S)oc2cc1Cl. The van der Waals surface area contributed by atoms with Crippen molar-refractivity contribution in [3.05, 3.63) is 22.0 Å². The maximum absolute atomic E-state index is 5.76. The van der Waals surface area contributed by atoms with Crippen molar-refractivity contribution in [1.82, 2.24) is 4.98 Å². The highest BCUT2D eigenvalue weighted by molar-refractivity contribution is 7.71. The molecule has 2 aromatic rings. The second-order valence-corrected chi connectivity index (χ2v) is 3.16. The van der Waals surface area contributed by atoms with Crippen molar-refractivity contribution >= 4 is 40.6 Å². The maximum Gasteiger partial charge on any atom is 0.266 e. The molecule has 3 nitrogen and oxygen atoms in total. The van der Waals surface area contributed by atoms with Crippen LogP contribution < -0.4 is 5.73 Å². The van der Waals surface area contributed by atoms with Crippen LogP contribution in [0.4, 0.5) is 5.69 Å². The van der Waals surface area contributed by atoms with Crippen LogP contribution in [0, 0.1) is 4.84 Å². The van der Waals surface area contributed by atoms with E-state index in [1.54, 1.807) is 12.1 Å². The highest BCUT2D eigenvalue weighted by Gasteiger charge is 2.02. The molecule has 5 heteroatoms. The standard InChI is InChI=1S/C7H5ClN2OS/c8-3-1-6-5(2-4(3)9)10-7(12)11-6/h1-2H,9H2,(H,10,12). The number of nitrogens with one attached hydrogen (secondary N) is 1. The number of benzene rings is 1. The monoisotopic (exact) mass is 200 g/mol. The van der Waals surface area contributed by atoms with E-state index in [0.29, 0.717) is 21.1 Å². The van der Waals surface area contributed by atoms with E-state index in [9.17, 15) is 0 Å². The van der Waals surface area contributed by atoms with Crippen LogP contribution >= 0.6 is 23.8 Å². The lowest BCUT2D eigenvalue weighted by Crippen LogP contribution is -1.84. The van der Waals surface area contributed by atoms with Gasteiger partial charge in [0.25, 0.3) is 4.84 Å². The summed E-state index contributed by atoms with van der Waals surface area (Å²) in [5.74, 6) is 0. The molecule has 3 N–H and O–H groups in total. The van der Waals surface area contributed by atoms with Gasteiger partial charge in [0.05, 0.1) is 16.2 Å². The number of H-pyrrole nitrogens is 1. The lowest BCUT2D eigenvalue weighted by Gasteiger charge is -1.94. The molecule has 1 heterocycles. The lowest BCUT2D eigenvalue weighted by atomic mass is 10.3. The van der Waals surface area contributed by atoms with Gasteiger partial charge in [0, 0.05) is 6.07 Å². The third-order valence-corrected chi connectivity index (χ3v) is 2.05. The van der Waals surface area contributed by atoms with Crippen molar-refractivity contribution in [3.8, 4) is 0 Å². The van der Waals surface area contributed by atoms with Gasteiger partial charge in [0.2, 0.25) is 0 Å². The Balaban J connectivity index is 2.92. The summed E-state index contributed by atoms with van der Waals surface area (Å²) >= 11 is 10.6. The molecule has 0 atom stereocenters. The van der Waals surface area contributed by atoms with Crippen LogP contribution in [-0.4, -0.2) is 4.98 Å². The third kappa shape index (κ3) is 1.09. The van der Waals surface area contributed by atoms with Crippen LogP contribution in [0.15, 0.2) is 16.5 Å². The van der Waals surface area contributed by atoms with Gasteiger partial charge in [0.15, 0.2) is 5.58 Å². The Bertz CT molecular complexity index is 446. The fraction of sp³-hybridized carbons (Fsp3) is 0. The van der Waals surface area contributed by atoms with Gasteiger partial charge in [-0.15, -0.1) is 0 Å². The first kappa shape index (κ1) is 7.64. The predicted molar refractivity (Wildman–Crippen MR) is 50.8 cm³/mol. The number of hydrogen-bond acceptors (Lipinski definition) is 3. The number of aromatic amines is 1. The average molecular weight is 201 g/mol. The van der Waals surface area contributed by atoms with Crippen LogP contribution in [0.1, 0.15) is 0 Å². The fourth-order valence-electron chi connectivity index (χ4n) is 0.989. The molecule has 0 bridgehead atoms. The molecule has 0 aliphatic rings. The van der Waals surface area contributed by atoms with Crippen molar-refractivity contribution in [1.29, 1.82) is 0 Å². The smallest absolute Gasteiger partial charge is 0.266 e. The Morgan fingerprint density at radius 2 is 2.25 bits per heavy atom. The number of rotatable bonds is 0. The second-order valence-electron chi connectivity index (χ2n) is 2.38. The number of nitrogen functional groups attached to an aromatic ring is 1. The van der Waals surface area contributed by atoms with Gasteiger partial charge in [0.1, 0.15) is 0 Å². The largest absolute Gasteiger partial charge is 0.429 e. The molecule has 0 radical (unpaired) electrons. The minimum absolute atomic E-state index is 0.326. The molecule has 0 spiro atoms. The normalized spacial score (nSPS) is 10.8. The Labute approximate surface area is 78.1 Å². The summed E-state index contributed by atoms with van der Waals surface area (Å²) in [5.41, 5.74) is 7.47. The Kier molecular flexibility index (Phi) is 1.59. The van der Waals surface area contributed by atoms with Gasteiger partial charge in [-0.3, -0.25) is 0 Å². The molecule has 1 aromatic carbocycles. The molecular weight excluding hydrogens is 196 g/mol. The molecule has 2 rings (SSSR count). The Morgan fingerprint density at radius 1 is 1.50 bits per heavy atom. The van der Waals surface area contributed by atoms with E-state index in [1.165, 1.54) is 0 Å². The fourth-order valence-corrected chi connectivity index (χ4v) is 1.34. The zero-order valence-electron chi connectivity index (χ0n) is 5.93. The van der Waals surface area contributed by atoms with Gasteiger partial charge in [-0.25, -0.2) is 0 Å². The summed E-state index contributed by atoms with van der Waals surface area (Å²) in [5, 5.41) is 0.472. The van der Waals surface area contributed by atoms with Gasteiger partial charge in [-0.2, -0.15) is 0 Å². The molecule has 62 valence electrons. The molecule has 0 amide bonds. The lowest BCUT2D eigenvalue weighted by molar-refractivity contribution is 0.583.